The molecule has 6 nitrogen and oxygen atoms in total. The first kappa shape index (κ1) is 16.5. The van der Waals surface area contributed by atoms with Crippen LogP contribution in [0.15, 0.2) is 40.1 Å². The van der Waals surface area contributed by atoms with E-state index in [4.69, 9.17) is 0 Å². The van der Waals surface area contributed by atoms with Crippen molar-refractivity contribution >= 4 is 21.9 Å². The normalized spacial score (nSPS) is 11.5. The first-order valence-electron chi connectivity index (χ1n) is 7.17. The van der Waals surface area contributed by atoms with Crippen molar-refractivity contribution in [1.82, 2.24) is 25.0 Å². The number of aromatic nitrogens is 3. The van der Waals surface area contributed by atoms with E-state index < -0.39 is 0 Å². The predicted octanol–water partition coefficient (Wildman–Crippen LogP) is 2.18. The summed E-state index contributed by atoms with van der Waals surface area (Å²) in [6.45, 7) is 4.15. The lowest BCUT2D eigenvalue weighted by molar-refractivity contribution is 0.475. The number of hydrogen-bond donors (Lipinski definition) is 1. The molecule has 1 heterocycles. The number of benzene rings is 1. The van der Waals surface area contributed by atoms with Gasteiger partial charge in [0.15, 0.2) is 5.96 Å². The molecule has 1 N–H and O–H groups in total. The molecule has 118 valence electrons. The summed E-state index contributed by atoms with van der Waals surface area (Å²) in [5, 5.41) is 7.37. The van der Waals surface area contributed by atoms with Crippen molar-refractivity contribution in [2.24, 2.45) is 12.0 Å². The average Bonchev–Trinajstić information content (AvgIpc) is 2.91. The minimum Gasteiger partial charge on any atom is -0.357 e. The summed E-state index contributed by atoms with van der Waals surface area (Å²) in [6.07, 6.45) is 1.54. The van der Waals surface area contributed by atoms with Crippen LogP contribution in [0.25, 0.3) is 0 Å². The van der Waals surface area contributed by atoms with Crippen LogP contribution in [0.1, 0.15) is 18.3 Å². The van der Waals surface area contributed by atoms with Crippen LogP contribution >= 0.6 is 15.9 Å². The number of rotatable bonds is 5. The Labute approximate surface area is 139 Å². The molecule has 0 unspecified atom stereocenters. The molecule has 0 amide bonds. The van der Waals surface area contributed by atoms with Crippen molar-refractivity contribution < 1.29 is 0 Å². The van der Waals surface area contributed by atoms with Gasteiger partial charge in [-0.05, 0) is 18.6 Å². The van der Waals surface area contributed by atoms with E-state index in [0.29, 0.717) is 6.54 Å². The average molecular weight is 365 g/mol. The second kappa shape index (κ2) is 7.93. The van der Waals surface area contributed by atoms with Gasteiger partial charge < -0.3 is 10.2 Å². The molecule has 22 heavy (non-hydrogen) atoms. The largest absolute Gasteiger partial charge is 0.357 e. The van der Waals surface area contributed by atoms with Crippen molar-refractivity contribution in [1.29, 1.82) is 0 Å². The van der Waals surface area contributed by atoms with E-state index in [2.05, 4.69) is 54.2 Å². The zero-order chi connectivity index (χ0) is 15.9. The first-order valence-corrected chi connectivity index (χ1v) is 7.96. The Bertz CT molecular complexity index is 636. The lowest BCUT2D eigenvalue weighted by Crippen LogP contribution is -2.38. The minimum atomic E-state index is 0.499. The van der Waals surface area contributed by atoms with Crippen molar-refractivity contribution in [3.05, 3.63) is 46.5 Å². The number of nitrogens with one attached hydrogen (secondary N) is 1. The summed E-state index contributed by atoms with van der Waals surface area (Å²) in [4.78, 5) is 10.9. The standard InChI is InChI=1S/C15H21BrN6/c1-4-17-15(18-9-14-19-11-20-22(14)3)21(2)10-12-7-5-6-8-13(12)16/h5-8,11H,4,9-10H2,1-3H3,(H,17,18). The van der Waals surface area contributed by atoms with Gasteiger partial charge >= 0.3 is 0 Å². The molecule has 0 spiro atoms. The molecule has 1 aromatic carbocycles. The van der Waals surface area contributed by atoms with Crippen LogP contribution in [0.5, 0.6) is 0 Å². The van der Waals surface area contributed by atoms with Gasteiger partial charge in [-0.25, -0.2) is 9.98 Å². The quantitative estimate of drug-likeness (QED) is 0.652. The highest BCUT2D eigenvalue weighted by Crippen LogP contribution is 2.17. The van der Waals surface area contributed by atoms with Gasteiger partial charge in [-0.2, -0.15) is 5.10 Å². The predicted molar refractivity (Wildman–Crippen MR) is 91.4 cm³/mol. The highest BCUT2D eigenvalue weighted by molar-refractivity contribution is 9.10. The molecule has 0 saturated heterocycles. The van der Waals surface area contributed by atoms with Crippen molar-refractivity contribution in [3.63, 3.8) is 0 Å². The fourth-order valence-corrected chi connectivity index (χ4v) is 2.45. The summed E-state index contributed by atoms with van der Waals surface area (Å²) in [5.41, 5.74) is 1.22. The molecule has 0 fully saturated rings. The molecule has 0 aliphatic heterocycles. The van der Waals surface area contributed by atoms with Gasteiger partial charge in [-0.3, -0.25) is 4.68 Å². The molecule has 0 bridgehead atoms. The molecule has 0 radical (unpaired) electrons. The summed E-state index contributed by atoms with van der Waals surface area (Å²) in [6, 6.07) is 8.21. The molecule has 1 aromatic heterocycles. The third-order valence-electron chi connectivity index (χ3n) is 3.24. The van der Waals surface area contributed by atoms with Crippen molar-refractivity contribution in [2.45, 2.75) is 20.0 Å². The fourth-order valence-electron chi connectivity index (χ4n) is 2.04. The zero-order valence-electron chi connectivity index (χ0n) is 13.1. The number of aliphatic imine (C=N–C) groups is 1. The number of nitrogens with zero attached hydrogens (tertiary/aromatic N) is 5. The molecule has 2 aromatic rings. The Kier molecular flexibility index (Phi) is 5.94. The van der Waals surface area contributed by atoms with Gasteiger partial charge in [0.1, 0.15) is 18.7 Å². The maximum Gasteiger partial charge on any atom is 0.194 e. The number of aryl methyl sites for hydroxylation is 1. The van der Waals surface area contributed by atoms with E-state index in [0.717, 1.165) is 29.3 Å². The Morgan fingerprint density at radius 2 is 2.18 bits per heavy atom. The number of hydrogen-bond acceptors (Lipinski definition) is 3. The van der Waals surface area contributed by atoms with Crippen LogP contribution in [-0.4, -0.2) is 39.2 Å². The summed E-state index contributed by atoms with van der Waals surface area (Å²) in [7, 11) is 3.90. The zero-order valence-corrected chi connectivity index (χ0v) is 14.7. The Morgan fingerprint density at radius 3 is 2.82 bits per heavy atom. The van der Waals surface area contributed by atoms with E-state index in [1.54, 1.807) is 11.0 Å². The Hall–Kier alpha value is -1.89. The van der Waals surface area contributed by atoms with Gasteiger partial charge in [0.2, 0.25) is 0 Å². The van der Waals surface area contributed by atoms with Crippen molar-refractivity contribution in [3.8, 4) is 0 Å². The molecule has 0 aliphatic carbocycles. The van der Waals surface area contributed by atoms with Gasteiger partial charge in [0.05, 0.1) is 0 Å². The maximum atomic E-state index is 4.64. The van der Waals surface area contributed by atoms with Gasteiger partial charge in [-0.1, -0.05) is 34.1 Å². The van der Waals surface area contributed by atoms with E-state index >= 15 is 0 Å². The number of halogens is 1. The third kappa shape index (κ3) is 4.30. The summed E-state index contributed by atoms with van der Waals surface area (Å²) >= 11 is 3.58. The molecular weight excluding hydrogens is 344 g/mol. The molecule has 0 aliphatic rings. The van der Waals surface area contributed by atoms with Crippen LogP contribution in [0, 0.1) is 0 Å². The van der Waals surface area contributed by atoms with Crippen LogP contribution in [0.2, 0.25) is 0 Å². The lowest BCUT2D eigenvalue weighted by atomic mass is 10.2. The second-order valence-corrected chi connectivity index (χ2v) is 5.77. The van der Waals surface area contributed by atoms with E-state index in [1.807, 2.05) is 32.3 Å². The smallest absolute Gasteiger partial charge is 0.194 e. The maximum absolute atomic E-state index is 4.64. The van der Waals surface area contributed by atoms with Crippen molar-refractivity contribution in [2.75, 3.05) is 13.6 Å². The summed E-state index contributed by atoms with van der Waals surface area (Å²) < 4.78 is 2.84. The van der Waals surface area contributed by atoms with Gasteiger partial charge in [0.25, 0.3) is 0 Å². The monoisotopic (exact) mass is 364 g/mol. The topological polar surface area (TPSA) is 58.3 Å². The molecule has 7 heteroatoms. The Balaban J connectivity index is 2.09. The first-order chi connectivity index (χ1) is 10.6. The number of guanidine groups is 1. The van der Waals surface area contributed by atoms with Crippen LogP contribution < -0.4 is 5.32 Å². The van der Waals surface area contributed by atoms with Gasteiger partial charge in [-0.15, -0.1) is 0 Å². The Morgan fingerprint density at radius 1 is 1.41 bits per heavy atom. The van der Waals surface area contributed by atoms with E-state index in [1.165, 1.54) is 5.56 Å². The second-order valence-electron chi connectivity index (χ2n) is 4.92. The highest BCUT2D eigenvalue weighted by Gasteiger charge is 2.09. The third-order valence-corrected chi connectivity index (χ3v) is 4.01. The molecule has 0 saturated carbocycles. The minimum absolute atomic E-state index is 0.499. The van der Waals surface area contributed by atoms with Crippen LogP contribution in [0.3, 0.4) is 0 Å². The van der Waals surface area contributed by atoms with E-state index in [9.17, 15) is 0 Å². The van der Waals surface area contributed by atoms with Gasteiger partial charge in [0, 0.05) is 31.7 Å². The summed E-state index contributed by atoms with van der Waals surface area (Å²) in [5.74, 6) is 1.69. The van der Waals surface area contributed by atoms with E-state index in [-0.39, 0.29) is 0 Å². The SMILES string of the molecule is CCNC(=NCc1ncnn1C)N(C)Cc1ccccc1Br. The fraction of sp³-hybridized carbons (Fsp3) is 0.400. The molecule has 2 rings (SSSR count). The molecular formula is C15H21BrN6. The van der Waals surface area contributed by atoms with Crippen LogP contribution in [0.4, 0.5) is 0 Å². The van der Waals surface area contributed by atoms with Crippen LogP contribution in [-0.2, 0) is 20.1 Å². The lowest BCUT2D eigenvalue weighted by Gasteiger charge is -2.22. The highest BCUT2D eigenvalue weighted by atomic mass is 79.9. The molecule has 0 atom stereocenters.